The Balaban J connectivity index is 2.25. The third-order valence-electron chi connectivity index (χ3n) is 2.32. The number of amides is 1. The lowest BCUT2D eigenvalue weighted by Crippen LogP contribution is -2.12. The Morgan fingerprint density at radius 1 is 1.32 bits per heavy atom. The molecule has 0 fully saturated rings. The molecule has 2 aromatic rings. The van der Waals surface area contributed by atoms with Crippen molar-refractivity contribution < 1.29 is 4.79 Å². The summed E-state index contributed by atoms with van der Waals surface area (Å²) in [7, 11) is 0. The Morgan fingerprint density at radius 3 is 2.74 bits per heavy atom. The molecule has 1 amide bonds. The number of benzene rings is 1. The summed E-state index contributed by atoms with van der Waals surface area (Å²) in [6, 6.07) is 6.30. The molecule has 0 unspecified atom stereocenters. The van der Waals surface area contributed by atoms with Gasteiger partial charge in [0.05, 0.1) is 16.4 Å². The van der Waals surface area contributed by atoms with Crippen molar-refractivity contribution in [2.45, 2.75) is 0 Å². The molecule has 1 aromatic carbocycles. The number of aromatic nitrogens is 1. The van der Waals surface area contributed by atoms with Gasteiger partial charge in [0.25, 0.3) is 5.91 Å². The third-order valence-corrected chi connectivity index (χ3v) is 3.38. The van der Waals surface area contributed by atoms with Gasteiger partial charge in [-0.2, -0.15) is 0 Å². The fourth-order valence-electron chi connectivity index (χ4n) is 1.37. The molecule has 1 heterocycles. The molecule has 0 radical (unpaired) electrons. The molecule has 98 valence electrons. The molecule has 3 N–H and O–H groups in total. The molecule has 0 aliphatic carbocycles. The predicted octanol–water partition coefficient (Wildman–Crippen LogP) is 3.99. The number of pyridine rings is 1. The maximum atomic E-state index is 12.0. The minimum atomic E-state index is -0.344. The van der Waals surface area contributed by atoms with Crippen molar-refractivity contribution in [2.75, 3.05) is 11.1 Å². The molecule has 0 aliphatic rings. The van der Waals surface area contributed by atoms with E-state index in [-0.39, 0.29) is 11.1 Å². The van der Waals surface area contributed by atoms with Crippen molar-refractivity contribution in [3.63, 3.8) is 0 Å². The van der Waals surface area contributed by atoms with E-state index in [1.807, 2.05) is 0 Å². The SMILES string of the molecule is Nc1ccc(C(=O)Nc2cc(Br)cnc2Cl)cc1Cl. The Morgan fingerprint density at radius 2 is 2.05 bits per heavy atom. The van der Waals surface area contributed by atoms with Gasteiger partial charge in [-0.15, -0.1) is 0 Å². The number of nitrogen functional groups attached to an aromatic ring is 1. The van der Waals surface area contributed by atoms with Crippen LogP contribution < -0.4 is 11.1 Å². The summed E-state index contributed by atoms with van der Waals surface area (Å²) < 4.78 is 0.711. The van der Waals surface area contributed by atoms with Crippen molar-refractivity contribution in [3.8, 4) is 0 Å². The number of anilines is 2. The molecule has 0 saturated carbocycles. The van der Waals surface area contributed by atoms with Crippen LogP contribution in [0.4, 0.5) is 11.4 Å². The number of hydrogen-bond acceptors (Lipinski definition) is 3. The molecule has 0 saturated heterocycles. The predicted molar refractivity (Wildman–Crippen MR) is 80.8 cm³/mol. The Labute approximate surface area is 128 Å². The molecule has 0 spiro atoms. The maximum Gasteiger partial charge on any atom is 0.255 e. The van der Waals surface area contributed by atoms with Crippen LogP contribution in [0.5, 0.6) is 0 Å². The average Bonchev–Trinajstić information content (AvgIpc) is 2.37. The van der Waals surface area contributed by atoms with Crippen LogP contribution in [-0.2, 0) is 0 Å². The van der Waals surface area contributed by atoms with Gasteiger partial charge >= 0.3 is 0 Å². The fraction of sp³-hybridized carbons (Fsp3) is 0. The summed E-state index contributed by atoms with van der Waals surface area (Å²) in [6.07, 6.45) is 1.54. The lowest BCUT2D eigenvalue weighted by molar-refractivity contribution is 0.102. The Hall–Kier alpha value is -1.30. The highest BCUT2D eigenvalue weighted by Crippen LogP contribution is 2.25. The second kappa shape index (κ2) is 5.77. The fourth-order valence-corrected chi connectivity index (χ4v) is 2.04. The molecule has 0 atom stereocenters. The van der Waals surface area contributed by atoms with Gasteiger partial charge in [0.1, 0.15) is 0 Å². The zero-order chi connectivity index (χ0) is 14.0. The number of nitrogens with one attached hydrogen (secondary N) is 1. The summed E-state index contributed by atoms with van der Waals surface area (Å²) >= 11 is 15.0. The average molecular weight is 361 g/mol. The van der Waals surface area contributed by atoms with Gasteiger partial charge in [-0.05, 0) is 40.2 Å². The first-order valence-electron chi connectivity index (χ1n) is 5.15. The molecule has 2 rings (SSSR count). The van der Waals surface area contributed by atoms with Gasteiger partial charge in [0.15, 0.2) is 5.15 Å². The summed E-state index contributed by atoms with van der Waals surface area (Å²) in [5, 5.41) is 3.18. The van der Waals surface area contributed by atoms with Crippen molar-refractivity contribution in [1.82, 2.24) is 4.98 Å². The van der Waals surface area contributed by atoms with E-state index in [9.17, 15) is 4.79 Å². The summed E-state index contributed by atoms with van der Waals surface area (Å²) in [5.41, 5.74) is 6.80. The molecule has 0 aliphatic heterocycles. The van der Waals surface area contributed by atoms with Crippen LogP contribution in [0.15, 0.2) is 34.9 Å². The summed E-state index contributed by atoms with van der Waals surface area (Å²) in [4.78, 5) is 15.9. The summed E-state index contributed by atoms with van der Waals surface area (Å²) in [6.45, 7) is 0. The highest BCUT2D eigenvalue weighted by Gasteiger charge is 2.11. The van der Waals surface area contributed by atoms with Crippen molar-refractivity contribution >= 4 is 56.4 Å². The van der Waals surface area contributed by atoms with Gasteiger partial charge in [0, 0.05) is 16.2 Å². The molecular weight excluding hydrogens is 353 g/mol. The lowest BCUT2D eigenvalue weighted by Gasteiger charge is -2.08. The number of carbonyl (C=O) groups excluding carboxylic acids is 1. The number of halogens is 3. The van der Waals surface area contributed by atoms with Gasteiger partial charge < -0.3 is 11.1 Å². The van der Waals surface area contributed by atoms with E-state index >= 15 is 0 Å². The largest absolute Gasteiger partial charge is 0.398 e. The first kappa shape index (κ1) is 14.1. The molecule has 19 heavy (non-hydrogen) atoms. The van der Waals surface area contributed by atoms with Gasteiger partial charge in [-0.25, -0.2) is 4.98 Å². The highest BCUT2D eigenvalue weighted by atomic mass is 79.9. The number of nitrogens with two attached hydrogens (primary N) is 1. The zero-order valence-corrected chi connectivity index (χ0v) is 12.6. The number of carbonyl (C=O) groups is 1. The quantitative estimate of drug-likeness (QED) is 0.628. The number of nitrogens with zero attached hydrogens (tertiary/aromatic N) is 1. The van der Waals surface area contributed by atoms with E-state index in [2.05, 4.69) is 26.2 Å². The normalized spacial score (nSPS) is 10.3. The first-order valence-corrected chi connectivity index (χ1v) is 6.69. The van der Waals surface area contributed by atoms with E-state index < -0.39 is 0 Å². The summed E-state index contributed by atoms with van der Waals surface area (Å²) in [5.74, 6) is -0.344. The van der Waals surface area contributed by atoms with Crippen LogP contribution in [0, 0.1) is 0 Å². The minimum Gasteiger partial charge on any atom is -0.398 e. The van der Waals surface area contributed by atoms with Gasteiger partial charge in [-0.3, -0.25) is 4.79 Å². The van der Waals surface area contributed by atoms with Gasteiger partial charge in [0.2, 0.25) is 0 Å². The van der Waals surface area contributed by atoms with Crippen LogP contribution in [0.25, 0.3) is 0 Å². The maximum absolute atomic E-state index is 12.0. The molecule has 0 bridgehead atoms. The van der Waals surface area contributed by atoms with Crippen LogP contribution >= 0.6 is 39.1 Å². The minimum absolute atomic E-state index is 0.207. The second-order valence-corrected chi connectivity index (χ2v) is 5.36. The van der Waals surface area contributed by atoms with Crippen molar-refractivity contribution in [3.05, 3.63) is 50.7 Å². The number of rotatable bonds is 2. The van der Waals surface area contributed by atoms with E-state index in [4.69, 9.17) is 28.9 Å². The molecule has 1 aromatic heterocycles. The van der Waals surface area contributed by atoms with E-state index in [0.29, 0.717) is 26.4 Å². The lowest BCUT2D eigenvalue weighted by atomic mass is 10.2. The van der Waals surface area contributed by atoms with Crippen LogP contribution in [-0.4, -0.2) is 10.9 Å². The molecular formula is C12H8BrCl2N3O. The monoisotopic (exact) mass is 359 g/mol. The molecule has 4 nitrogen and oxygen atoms in total. The topological polar surface area (TPSA) is 68.0 Å². The zero-order valence-electron chi connectivity index (χ0n) is 9.45. The van der Waals surface area contributed by atoms with E-state index in [0.717, 1.165) is 0 Å². The Kier molecular flexibility index (Phi) is 4.29. The standard InChI is InChI=1S/C12H8BrCl2N3O/c13-7-4-10(11(15)17-5-7)18-12(19)6-1-2-9(16)8(14)3-6/h1-5H,16H2,(H,18,19). The second-order valence-electron chi connectivity index (χ2n) is 3.68. The smallest absolute Gasteiger partial charge is 0.255 e. The van der Waals surface area contributed by atoms with Crippen LogP contribution in [0.2, 0.25) is 10.2 Å². The van der Waals surface area contributed by atoms with Crippen molar-refractivity contribution in [2.24, 2.45) is 0 Å². The van der Waals surface area contributed by atoms with Crippen LogP contribution in [0.1, 0.15) is 10.4 Å². The number of hydrogen-bond donors (Lipinski definition) is 2. The Bertz CT molecular complexity index is 649. The highest BCUT2D eigenvalue weighted by molar-refractivity contribution is 9.10. The first-order chi connectivity index (χ1) is 8.97. The van der Waals surface area contributed by atoms with E-state index in [1.165, 1.54) is 12.3 Å². The van der Waals surface area contributed by atoms with Crippen LogP contribution in [0.3, 0.4) is 0 Å². The van der Waals surface area contributed by atoms with Gasteiger partial charge in [-0.1, -0.05) is 23.2 Å². The molecule has 7 heteroatoms. The van der Waals surface area contributed by atoms with Crippen molar-refractivity contribution in [1.29, 1.82) is 0 Å². The van der Waals surface area contributed by atoms with E-state index in [1.54, 1.807) is 18.2 Å². The third kappa shape index (κ3) is 3.37.